The number of allylic oxidation sites excluding steroid dienone is 1. The second kappa shape index (κ2) is 3.24. The summed E-state index contributed by atoms with van der Waals surface area (Å²) < 4.78 is 41.2. The molecule has 0 heterocycles. The molecular weight excluding hydrogens is 219 g/mol. The lowest BCUT2D eigenvalue weighted by Crippen LogP contribution is -2.33. The van der Waals surface area contributed by atoms with E-state index in [4.69, 9.17) is 10.00 Å². The van der Waals surface area contributed by atoms with E-state index in [1.807, 2.05) is 6.92 Å². The molecule has 0 amide bonds. The van der Waals surface area contributed by atoms with Crippen LogP contribution in [0.25, 0.3) is 0 Å². The maximum Gasteiger partial charge on any atom is 0.411 e. The van der Waals surface area contributed by atoms with E-state index in [0.717, 1.165) is 5.57 Å². The molecule has 0 radical (unpaired) electrons. The molecule has 1 fully saturated rings. The molecule has 1 saturated carbocycles. The van der Waals surface area contributed by atoms with Crippen LogP contribution in [0.4, 0.5) is 13.2 Å². The van der Waals surface area contributed by atoms with E-state index >= 15 is 0 Å². The minimum atomic E-state index is -4.32. The van der Waals surface area contributed by atoms with E-state index in [1.165, 1.54) is 0 Å². The Morgan fingerprint density at radius 1 is 1.56 bits per heavy atom. The van der Waals surface area contributed by atoms with Gasteiger partial charge in [-0.05, 0) is 13.8 Å². The van der Waals surface area contributed by atoms with Crippen LogP contribution in [0.2, 0.25) is 0 Å². The molecule has 0 aromatic heterocycles. The van der Waals surface area contributed by atoms with Gasteiger partial charge in [0.05, 0.1) is 17.6 Å². The molecule has 0 aliphatic heterocycles. The smallest absolute Gasteiger partial charge is 0.361 e. The molecule has 4 atom stereocenters. The second-order valence-corrected chi connectivity index (χ2v) is 4.68. The molecule has 2 aliphatic carbocycles. The molecule has 0 aromatic rings. The lowest BCUT2D eigenvalue weighted by Gasteiger charge is -2.25. The van der Waals surface area contributed by atoms with Gasteiger partial charge in [0.2, 0.25) is 0 Å². The van der Waals surface area contributed by atoms with Gasteiger partial charge in [0, 0.05) is 11.8 Å². The highest BCUT2D eigenvalue weighted by molar-refractivity contribution is 5.37. The lowest BCUT2D eigenvalue weighted by molar-refractivity contribution is -0.197. The fourth-order valence-corrected chi connectivity index (χ4v) is 2.77. The standard InChI is InChI=1S/C11H12F3NO/c1-6-3-10(2,16-5-11(12,13)14)9-7(4-15)8(6)9/h3,7-9H,5H2,1-2H3/t7-,8+,9-,10-/m0/s1. The summed E-state index contributed by atoms with van der Waals surface area (Å²) in [6, 6.07) is 2.12. The minimum Gasteiger partial charge on any atom is -0.361 e. The summed E-state index contributed by atoms with van der Waals surface area (Å²) in [6.45, 7) is 2.22. The summed E-state index contributed by atoms with van der Waals surface area (Å²) in [4.78, 5) is 0. The molecule has 2 rings (SSSR count). The average molecular weight is 231 g/mol. The van der Waals surface area contributed by atoms with Crippen LogP contribution >= 0.6 is 0 Å². The van der Waals surface area contributed by atoms with Crippen LogP contribution in [0.1, 0.15) is 13.8 Å². The van der Waals surface area contributed by atoms with Crippen molar-refractivity contribution < 1.29 is 17.9 Å². The van der Waals surface area contributed by atoms with Crippen LogP contribution < -0.4 is 0 Å². The van der Waals surface area contributed by atoms with Gasteiger partial charge in [-0.2, -0.15) is 18.4 Å². The molecule has 0 unspecified atom stereocenters. The van der Waals surface area contributed by atoms with Gasteiger partial charge in [0.15, 0.2) is 0 Å². The Labute approximate surface area is 91.7 Å². The molecule has 0 spiro atoms. The number of nitriles is 1. The first-order valence-corrected chi connectivity index (χ1v) is 5.08. The van der Waals surface area contributed by atoms with E-state index in [2.05, 4.69) is 6.07 Å². The van der Waals surface area contributed by atoms with Crippen molar-refractivity contribution in [3.05, 3.63) is 11.6 Å². The summed E-state index contributed by atoms with van der Waals surface area (Å²) >= 11 is 0. The summed E-state index contributed by atoms with van der Waals surface area (Å²) in [7, 11) is 0. The van der Waals surface area contributed by atoms with Crippen LogP contribution in [-0.2, 0) is 4.74 Å². The lowest BCUT2D eigenvalue weighted by atomic mass is 9.99. The Morgan fingerprint density at radius 2 is 2.19 bits per heavy atom. The van der Waals surface area contributed by atoms with E-state index in [1.54, 1.807) is 13.0 Å². The molecular formula is C11H12F3NO. The Balaban J connectivity index is 2.07. The monoisotopic (exact) mass is 231 g/mol. The Morgan fingerprint density at radius 3 is 2.62 bits per heavy atom. The van der Waals surface area contributed by atoms with Gasteiger partial charge in [-0.25, -0.2) is 0 Å². The number of hydrogen-bond donors (Lipinski definition) is 0. The molecule has 0 bridgehead atoms. The minimum absolute atomic E-state index is 0.0974. The number of hydrogen-bond acceptors (Lipinski definition) is 2. The number of alkyl halides is 3. The molecule has 16 heavy (non-hydrogen) atoms. The summed E-state index contributed by atoms with van der Waals surface area (Å²) in [5.41, 5.74) is 0.0474. The SMILES string of the molecule is CC1=C[C@](C)(OCC(F)(F)F)[C@H]2[C@@H](C#N)[C@@H]12. The highest BCUT2D eigenvalue weighted by Gasteiger charge is 2.64. The van der Waals surface area contributed by atoms with Crippen molar-refractivity contribution in [2.75, 3.05) is 6.61 Å². The average Bonchev–Trinajstić information content (AvgIpc) is 2.82. The molecule has 2 aliphatic rings. The fourth-order valence-electron chi connectivity index (χ4n) is 2.77. The zero-order valence-electron chi connectivity index (χ0n) is 9.01. The van der Waals surface area contributed by atoms with Crippen LogP contribution in [0.5, 0.6) is 0 Å². The first-order valence-electron chi connectivity index (χ1n) is 5.08. The number of nitrogens with zero attached hydrogens (tertiary/aromatic N) is 1. The number of fused-ring (bicyclic) bond motifs is 1. The van der Waals surface area contributed by atoms with Crippen LogP contribution in [0.3, 0.4) is 0 Å². The summed E-state index contributed by atoms with van der Waals surface area (Å²) in [5, 5.41) is 8.83. The van der Waals surface area contributed by atoms with Gasteiger partial charge in [0.1, 0.15) is 6.61 Å². The third-order valence-electron chi connectivity index (χ3n) is 3.42. The third-order valence-corrected chi connectivity index (χ3v) is 3.42. The first-order chi connectivity index (χ1) is 7.28. The maximum atomic E-state index is 12.1. The topological polar surface area (TPSA) is 33.0 Å². The Hall–Kier alpha value is -1.02. The molecule has 5 heteroatoms. The largest absolute Gasteiger partial charge is 0.411 e. The highest BCUT2D eigenvalue weighted by Crippen LogP contribution is 2.62. The Kier molecular flexibility index (Phi) is 2.32. The Bertz CT molecular complexity index is 382. The molecule has 88 valence electrons. The zero-order valence-corrected chi connectivity index (χ0v) is 9.01. The third kappa shape index (κ3) is 1.71. The van der Waals surface area contributed by atoms with Gasteiger partial charge < -0.3 is 4.74 Å². The van der Waals surface area contributed by atoms with Gasteiger partial charge in [-0.3, -0.25) is 0 Å². The summed E-state index contributed by atoms with van der Waals surface area (Å²) in [5.74, 6) is -0.175. The van der Waals surface area contributed by atoms with Crippen LogP contribution in [-0.4, -0.2) is 18.4 Å². The predicted molar refractivity (Wildman–Crippen MR) is 50.3 cm³/mol. The van der Waals surface area contributed by atoms with Crippen molar-refractivity contribution in [3.63, 3.8) is 0 Å². The highest BCUT2D eigenvalue weighted by atomic mass is 19.4. The predicted octanol–water partition coefficient (Wildman–Crippen LogP) is 2.67. The van der Waals surface area contributed by atoms with Gasteiger partial charge in [-0.15, -0.1) is 0 Å². The van der Waals surface area contributed by atoms with Crippen molar-refractivity contribution in [3.8, 4) is 6.07 Å². The van der Waals surface area contributed by atoms with Crippen molar-refractivity contribution >= 4 is 0 Å². The van der Waals surface area contributed by atoms with E-state index in [9.17, 15) is 13.2 Å². The number of halogens is 3. The van der Waals surface area contributed by atoms with Crippen molar-refractivity contribution in [1.29, 1.82) is 5.26 Å². The zero-order chi connectivity index (χ0) is 12.1. The van der Waals surface area contributed by atoms with Crippen molar-refractivity contribution in [2.45, 2.75) is 25.6 Å². The van der Waals surface area contributed by atoms with Gasteiger partial charge in [0.25, 0.3) is 0 Å². The summed E-state index contributed by atoms with van der Waals surface area (Å²) in [6.07, 6.45) is -2.60. The molecule has 2 nitrogen and oxygen atoms in total. The maximum absolute atomic E-state index is 12.1. The van der Waals surface area contributed by atoms with Gasteiger partial charge >= 0.3 is 6.18 Å². The van der Waals surface area contributed by atoms with E-state index in [-0.39, 0.29) is 17.8 Å². The van der Waals surface area contributed by atoms with E-state index < -0.39 is 18.4 Å². The normalized spacial score (nSPS) is 41.2. The number of rotatable bonds is 2. The quantitative estimate of drug-likeness (QED) is 0.684. The van der Waals surface area contributed by atoms with Gasteiger partial charge in [-0.1, -0.05) is 11.6 Å². The van der Waals surface area contributed by atoms with Crippen LogP contribution in [0, 0.1) is 29.1 Å². The molecule has 0 aromatic carbocycles. The van der Waals surface area contributed by atoms with Crippen molar-refractivity contribution in [2.24, 2.45) is 17.8 Å². The van der Waals surface area contributed by atoms with Crippen LogP contribution in [0.15, 0.2) is 11.6 Å². The fraction of sp³-hybridized carbons (Fsp3) is 0.727. The first kappa shape index (κ1) is 11.5. The number of ether oxygens (including phenoxy) is 1. The van der Waals surface area contributed by atoms with Crippen molar-refractivity contribution in [1.82, 2.24) is 0 Å². The van der Waals surface area contributed by atoms with E-state index in [0.29, 0.717) is 0 Å². The second-order valence-electron chi connectivity index (χ2n) is 4.68. The molecule has 0 N–H and O–H groups in total. The molecule has 0 saturated heterocycles.